The minimum absolute atomic E-state index is 0.274. The SMILES string of the molecule is CC1CC(C)N(Cc2ccc(/C=C/C(=O)O)cc2F)C1. The van der Waals surface area contributed by atoms with Crippen LogP contribution in [0.3, 0.4) is 0 Å². The molecule has 2 atom stereocenters. The van der Waals surface area contributed by atoms with Gasteiger partial charge in [-0.05, 0) is 37.0 Å². The molecule has 2 unspecified atom stereocenters. The summed E-state index contributed by atoms with van der Waals surface area (Å²) in [6.07, 6.45) is 3.56. The van der Waals surface area contributed by atoms with Crippen LogP contribution in [0.1, 0.15) is 31.4 Å². The Morgan fingerprint density at radius 3 is 2.80 bits per heavy atom. The third kappa shape index (κ3) is 3.67. The molecule has 0 amide bonds. The highest BCUT2D eigenvalue weighted by Gasteiger charge is 2.26. The normalized spacial score (nSPS) is 23.6. The minimum atomic E-state index is -1.03. The lowest BCUT2D eigenvalue weighted by molar-refractivity contribution is -0.131. The van der Waals surface area contributed by atoms with E-state index in [1.807, 2.05) is 0 Å². The summed E-state index contributed by atoms with van der Waals surface area (Å²) in [4.78, 5) is 12.7. The molecule has 0 radical (unpaired) electrons. The monoisotopic (exact) mass is 277 g/mol. The maximum Gasteiger partial charge on any atom is 0.328 e. The van der Waals surface area contributed by atoms with Crippen molar-refractivity contribution in [2.45, 2.75) is 32.9 Å². The second kappa shape index (κ2) is 6.18. The van der Waals surface area contributed by atoms with Crippen molar-refractivity contribution < 1.29 is 14.3 Å². The topological polar surface area (TPSA) is 40.5 Å². The molecule has 0 aromatic heterocycles. The van der Waals surface area contributed by atoms with Crippen LogP contribution < -0.4 is 0 Å². The second-order valence-corrected chi connectivity index (χ2v) is 5.64. The quantitative estimate of drug-likeness (QED) is 0.859. The number of halogens is 1. The molecular formula is C16H20FNO2. The Morgan fingerprint density at radius 1 is 1.50 bits per heavy atom. The number of likely N-dealkylation sites (tertiary alicyclic amines) is 1. The molecule has 1 aliphatic rings. The van der Waals surface area contributed by atoms with Gasteiger partial charge in [0.1, 0.15) is 5.82 Å². The van der Waals surface area contributed by atoms with E-state index in [0.29, 0.717) is 29.6 Å². The molecule has 1 N–H and O–H groups in total. The van der Waals surface area contributed by atoms with Crippen molar-refractivity contribution in [1.29, 1.82) is 0 Å². The number of nitrogens with zero attached hydrogens (tertiary/aromatic N) is 1. The highest BCUT2D eigenvalue weighted by atomic mass is 19.1. The molecule has 1 heterocycles. The lowest BCUT2D eigenvalue weighted by Gasteiger charge is -2.21. The first-order valence-electron chi connectivity index (χ1n) is 6.89. The summed E-state index contributed by atoms with van der Waals surface area (Å²) in [7, 11) is 0. The zero-order valence-corrected chi connectivity index (χ0v) is 11.8. The third-order valence-electron chi connectivity index (χ3n) is 3.78. The predicted molar refractivity (Wildman–Crippen MR) is 76.7 cm³/mol. The van der Waals surface area contributed by atoms with E-state index < -0.39 is 5.97 Å². The van der Waals surface area contributed by atoms with Gasteiger partial charge in [0.15, 0.2) is 0 Å². The van der Waals surface area contributed by atoms with Crippen molar-refractivity contribution in [3.05, 3.63) is 41.2 Å². The molecule has 4 heteroatoms. The summed E-state index contributed by atoms with van der Waals surface area (Å²) >= 11 is 0. The molecule has 0 spiro atoms. The van der Waals surface area contributed by atoms with Gasteiger partial charge in [0.25, 0.3) is 0 Å². The molecule has 108 valence electrons. The van der Waals surface area contributed by atoms with E-state index in [1.165, 1.54) is 12.1 Å². The van der Waals surface area contributed by atoms with Crippen LogP contribution in [0.15, 0.2) is 24.3 Å². The number of benzene rings is 1. The van der Waals surface area contributed by atoms with Crippen molar-refractivity contribution in [2.24, 2.45) is 5.92 Å². The van der Waals surface area contributed by atoms with Crippen molar-refractivity contribution in [3.8, 4) is 0 Å². The molecule has 2 rings (SSSR count). The predicted octanol–water partition coefficient (Wildman–Crippen LogP) is 3.15. The largest absolute Gasteiger partial charge is 0.478 e. The molecule has 1 saturated heterocycles. The van der Waals surface area contributed by atoms with Gasteiger partial charge in [-0.15, -0.1) is 0 Å². The Morgan fingerprint density at radius 2 is 2.25 bits per heavy atom. The molecule has 1 aromatic carbocycles. The molecular weight excluding hydrogens is 257 g/mol. The Balaban J connectivity index is 2.08. The smallest absolute Gasteiger partial charge is 0.328 e. The number of aliphatic carboxylic acids is 1. The van der Waals surface area contributed by atoms with Gasteiger partial charge in [0.05, 0.1) is 0 Å². The maximum absolute atomic E-state index is 14.0. The van der Waals surface area contributed by atoms with Gasteiger partial charge in [-0.1, -0.05) is 19.1 Å². The average molecular weight is 277 g/mol. The number of hydrogen-bond donors (Lipinski definition) is 1. The minimum Gasteiger partial charge on any atom is -0.478 e. The van der Waals surface area contributed by atoms with E-state index in [4.69, 9.17) is 5.11 Å². The number of carboxylic acids is 1. The fourth-order valence-electron chi connectivity index (χ4n) is 2.79. The molecule has 20 heavy (non-hydrogen) atoms. The molecule has 0 bridgehead atoms. The van der Waals surface area contributed by atoms with E-state index in [1.54, 1.807) is 12.1 Å². The number of hydrogen-bond acceptors (Lipinski definition) is 2. The van der Waals surface area contributed by atoms with E-state index in [2.05, 4.69) is 18.7 Å². The second-order valence-electron chi connectivity index (χ2n) is 5.64. The summed E-state index contributed by atoms with van der Waals surface area (Å²) in [5.41, 5.74) is 1.23. The first-order valence-corrected chi connectivity index (χ1v) is 6.89. The Hall–Kier alpha value is -1.68. The molecule has 1 fully saturated rings. The first kappa shape index (κ1) is 14.7. The summed E-state index contributed by atoms with van der Waals surface area (Å²) in [6.45, 7) is 6.00. The van der Waals surface area contributed by atoms with Crippen molar-refractivity contribution >= 4 is 12.0 Å². The van der Waals surface area contributed by atoms with E-state index in [9.17, 15) is 9.18 Å². The van der Waals surface area contributed by atoms with Crippen molar-refractivity contribution in [1.82, 2.24) is 4.90 Å². The number of rotatable bonds is 4. The van der Waals surface area contributed by atoms with Crippen LogP contribution in [0, 0.1) is 11.7 Å². The maximum atomic E-state index is 14.0. The van der Waals surface area contributed by atoms with Gasteiger partial charge in [-0.3, -0.25) is 4.90 Å². The van der Waals surface area contributed by atoms with Crippen molar-refractivity contribution in [3.63, 3.8) is 0 Å². The van der Waals surface area contributed by atoms with E-state index in [0.717, 1.165) is 19.0 Å². The Bertz CT molecular complexity index is 527. The number of carbonyl (C=O) groups is 1. The summed E-state index contributed by atoms with van der Waals surface area (Å²) in [6, 6.07) is 5.36. The lowest BCUT2D eigenvalue weighted by atomic mass is 10.1. The summed E-state index contributed by atoms with van der Waals surface area (Å²) < 4.78 is 14.0. The van der Waals surface area contributed by atoms with Crippen LogP contribution in [-0.2, 0) is 11.3 Å². The van der Waals surface area contributed by atoms with Gasteiger partial charge < -0.3 is 5.11 Å². The van der Waals surface area contributed by atoms with E-state index in [-0.39, 0.29) is 5.82 Å². The lowest BCUT2D eigenvalue weighted by Crippen LogP contribution is -2.27. The fourth-order valence-corrected chi connectivity index (χ4v) is 2.79. The van der Waals surface area contributed by atoms with Crippen LogP contribution in [0.25, 0.3) is 6.08 Å². The third-order valence-corrected chi connectivity index (χ3v) is 3.78. The van der Waals surface area contributed by atoms with Gasteiger partial charge in [-0.2, -0.15) is 0 Å². The van der Waals surface area contributed by atoms with Crippen LogP contribution in [-0.4, -0.2) is 28.6 Å². The summed E-state index contributed by atoms with van der Waals surface area (Å²) in [5, 5.41) is 8.56. The standard InChI is InChI=1S/C16H20FNO2/c1-11-7-12(2)18(9-11)10-14-5-3-13(8-15(14)17)4-6-16(19)20/h3-6,8,11-12H,7,9-10H2,1-2H3,(H,19,20)/b6-4+. The summed E-state index contributed by atoms with van der Waals surface area (Å²) in [5.74, 6) is -0.649. The van der Waals surface area contributed by atoms with Gasteiger partial charge >= 0.3 is 5.97 Å². The zero-order valence-electron chi connectivity index (χ0n) is 11.8. The van der Waals surface area contributed by atoms with Crippen LogP contribution in [0.5, 0.6) is 0 Å². The molecule has 1 aromatic rings. The fraction of sp³-hybridized carbons (Fsp3) is 0.438. The Labute approximate surface area is 118 Å². The van der Waals surface area contributed by atoms with Gasteiger partial charge in [-0.25, -0.2) is 9.18 Å². The Kier molecular flexibility index (Phi) is 4.55. The first-order chi connectivity index (χ1) is 9.45. The molecule has 0 aliphatic carbocycles. The molecule has 0 saturated carbocycles. The van der Waals surface area contributed by atoms with Crippen LogP contribution >= 0.6 is 0 Å². The van der Waals surface area contributed by atoms with Crippen molar-refractivity contribution in [2.75, 3.05) is 6.54 Å². The zero-order chi connectivity index (χ0) is 14.7. The van der Waals surface area contributed by atoms with E-state index >= 15 is 0 Å². The highest BCUT2D eigenvalue weighted by Crippen LogP contribution is 2.25. The molecule has 3 nitrogen and oxygen atoms in total. The highest BCUT2D eigenvalue weighted by molar-refractivity contribution is 5.85. The van der Waals surface area contributed by atoms with Crippen LogP contribution in [0.2, 0.25) is 0 Å². The van der Waals surface area contributed by atoms with Gasteiger partial charge in [0, 0.05) is 30.8 Å². The average Bonchev–Trinajstić information content (AvgIpc) is 2.68. The number of carboxylic acid groups (broad SMARTS) is 1. The van der Waals surface area contributed by atoms with Crippen LogP contribution in [0.4, 0.5) is 4.39 Å². The van der Waals surface area contributed by atoms with Gasteiger partial charge in [0.2, 0.25) is 0 Å². The molecule has 1 aliphatic heterocycles.